The lowest BCUT2D eigenvalue weighted by molar-refractivity contribution is -0.264. The fraction of sp³-hybridized carbons (Fsp3) is 0.609. The van der Waals surface area contributed by atoms with Crippen LogP contribution in [0.2, 0.25) is 0 Å². The molecule has 0 aliphatic heterocycles. The highest BCUT2D eigenvalue weighted by Gasteiger charge is 2.06. The van der Waals surface area contributed by atoms with Crippen molar-refractivity contribution in [2.75, 3.05) is 13.2 Å². The van der Waals surface area contributed by atoms with Crippen LogP contribution in [0.4, 0.5) is 0 Å². The van der Waals surface area contributed by atoms with Crippen molar-refractivity contribution in [2.24, 2.45) is 0 Å². The minimum Gasteiger partial charge on any atom is -0.463 e. The fourth-order valence-electron chi connectivity index (χ4n) is 2.33. The van der Waals surface area contributed by atoms with Gasteiger partial charge in [-0.25, -0.2) is 4.89 Å². The lowest BCUT2D eigenvalue weighted by atomic mass is 10.1. The number of aliphatic hydroxyl groups excluding tert-OH is 2. The van der Waals surface area contributed by atoms with Crippen LogP contribution in [0.3, 0.4) is 0 Å². The van der Waals surface area contributed by atoms with Crippen molar-refractivity contribution in [2.45, 2.75) is 76.9 Å². The topological polar surface area (TPSA) is 96.2 Å². The van der Waals surface area contributed by atoms with Gasteiger partial charge in [0.15, 0.2) is 0 Å². The molecule has 1 unspecified atom stereocenters. The van der Waals surface area contributed by atoms with Crippen molar-refractivity contribution in [3.05, 3.63) is 48.6 Å². The van der Waals surface area contributed by atoms with Crippen molar-refractivity contribution in [1.29, 1.82) is 0 Å². The smallest absolute Gasteiger partial charge is 0.305 e. The number of carbonyl (C=O) groups excluding carboxylic acids is 1. The van der Waals surface area contributed by atoms with Crippen molar-refractivity contribution >= 4 is 5.97 Å². The molecule has 29 heavy (non-hydrogen) atoms. The van der Waals surface area contributed by atoms with Gasteiger partial charge < -0.3 is 14.9 Å². The first-order valence-electron chi connectivity index (χ1n) is 10.5. The summed E-state index contributed by atoms with van der Waals surface area (Å²) in [7, 11) is 0. The number of unbranched alkanes of at least 4 members (excludes halogenated alkanes) is 4. The second kappa shape index (κ2) is 21.0. The molecule has 0 spiro atoms. The summed E-state index contributed by atoms with van der Waals surface area (Å²) < 4.78 is 4.82. The zero-order valence-corrected chi connectivity index (χ0v) is 17.6. The Morgan fingerprint density at radius 1 is 1.00 bits per heavy atom. The summed E-state index contributed by atoms with van der Waals surface area (Å²) in [5.74, 6) is -0.368. The number of allylic oxidation sites excluding steroid dienone is 6. The van der Waals surface area contributed by atoms with E-state index in [-0.39, 0.29) is 25.1 Å². The van der Waals surface area contributed by atoms with Crippen LogP contribution in [0.1, 0.15) is 64.7 Å². The molecule has 6 heteroatoms. The molecule has 2 atom stereocenters. The van der Waals surface area contributed by atoms with Crippen molar-refractivity contribution in [3.63, 3.8) is 0 Å². The van der Waals surface area contributed by atoms with Gasteiger partial charge in [-0.1, -0.05) is 68.4 Å². The van der Waals surface area contributed by atoms with E-state index in [1.165, 1.54) is 19.3 Å². The molecule has 0 saturated carbocycles. The molecule has 6 nitrogen and oxygen atoms in total. The molecule has 0 heterocycles. The molecule has 3 N–H and O–H groups in total. The molecule has 0 saturated heterocycles. The van der Waals surface area contributed by atoms with Crippen LogP contribution in [-0.2, 0) is 14.4 Å². The third-order valence-electron chi connectivity index (χ3n) is 4.06. The average Bonchev–Trinajstić information content (AvgIpc) is 2.73. The number of hydrogen-bond donors (Lipinski definition) is 3. The van der Waals surface area contributed by atoms with Crippen molar-refractivity contribution in [1.82, 2.24) is 0 Å². The predicted octanol–water partition coefficient (Wildman–Crippen LogP) is 4.50. The van der Waals surface area contributed by atoms with Crippen LogP contribution < -0.4 is 0 Å². The Morgan fingerprint density at radius 3 is 2.48 bits per heavy atom. The monoisotopic (exact) mass is 410 g/mol. The van der Waals surface area contributed by atoms with Crippen LogP contribution in [0.15, 0.2) is 48.6 Å². The van der Waals surface area contributed by atoms with E-state index in [2.05, 4.69) is 17.9 Å². The molecule has 0 fully saturated rings. The van der Waals surface area contributed by atoms with Gasteiger partial charge in [-0.05, 0) is 38.5 Å². The zero-order valence-electron chi connectivity index (χ0n) is 17.6. The van der Waals surface area contributed by atoms with Gasteiger partial charge >= 0.3 is 5.97 Å². The van der Waals surface area contributed by atoms with E-state index in [0.717, 1.165) is 19.3 Å². The van der Waals surface area contributed by atoms with Crippen LogP contribution in [0.25, 0.3) is 0 Å². The Hall–Kier alpha value is -1.73. The SMILES string of the molecule is CCCCCC=CC[C@@H](C=CC=CCC=CCCCC(=O)OCC(O)CO)OO. The Kier molecular flexibility index (Phi) is 19.7. The number of hydrogen-bond acceptors (Lipinski definition) is 6. The molecule has 0 aromatic carbocycles. The number of ether oxygens (including phenoxy) is 1. The van der Waals surface area contributed by atoms with E-state index in [0.29, 0.717) is 12.8 Å². The fourth-order valence-corrected chi connectivity index (χ4v) is 2.33. The molecule has 0 aliphatic carbocycles. The van der Waals surface area contributed by atoms with Gasteiger partial charge in [-0.15, -0.1) is 0 Å². The van der Waals surface area contributed by atoms with Crippen LogP contribution in [-0.4, -0.2) is 46.9 Å². The largest absolute Gasteiger partial charge is 0.463 e. The second-order valence-corrected chi connectivity index (χ2v) is 6.78. The van der Waals surface area contributed by atoms with E-state index >= 15 is 0 Å². The standard InChI is InChI=1S/C23H38O6/c1-2-3-4-5-10-13-16-22(29-27)17-14-11-8-6-7-9-12-15-18-23(26)28-20-21(25)19-24/h7-11,13-14,17,21-22,24-25,27H,2-6,12,15-16,18-20H2,1H3/t21?,22-/m0/s1. The lowest BCUT2D eigenvalue weighted by Crippen LogP contribution is -2.21. The third-order valence-corrected chi connectivity index (χ3v) is 4.06. The van der Waals surface area contributed by atoms with Crippen LogP contribution in [0, 0.1) is 0 Å². The van der Waals surface area contributed by atoms with Gasteiger partial charge in [-0.3, -0.25) is 10.1 Å². The Bertz CT molecular complexity index is 496. The molecular formula is C23H38O6. The molecule has 0 aromatic rings. The zero-order chi connectivity index (χ0) is 21.6. The van der Waals surface area contributed by atoms with Gasteiger partial charge in [-0.2, -0.15) is 0 Å². The summed E-state index contributed by atoms with van der Waals surface area (Å²) >= 11 is 0. The van der Waals surface area contributed by atoms with Gasteiger partial charge in [0.1, 0.15) is 18.8 Å². The summed E-state index contributed by atoms with van der Waals surface area (Å²) in [6.07, 6.45) is 22.3. The lowest BCUT2D eigenvalue weighted by Gasteiger charge is -2.07. The number of esters is 1. The third kappa shape index (κ3) is 19.4. The predicted molar refractivity (Wildman–Crippen MR) is 115 cm³/mol. The minimum atomic E-state index is -1.01. The minimum absolute atomic E-state index is 0.166. The molecule has 0 aromatic heterocycles. The number of aliphatic hydroxyl groups is 2. The Balaban J connectivity index is 3.79. The molecule has 0 bridgehead atoms. The highest BCUT2D eigenvalue weighted by molar-refractivity contribution is 5.69. The van der Waals surface area contributed by atoms with Gasteiger partial charge in [0.05, 0.1) is 6.61 Å². The summed E-state index contributed by atoms with van der Waals surface area (Å²) in [5, 5.41) is 26.6. The second-order valence-electron chi connectivity index (χ2n) is 6.78. The Labute approximate surface area is 175 Å². The van der Waals surface area contributed by atoms with E-state index in [1.54, 1.807) is 0 Å². The van der Waals surface area contributed by atoms with Gasteiger partial charge in [0.25, 0.3) is 0 Å². The maximum atomic E-state index is 11.4. The maximum Gasteiger partial charge on any atom is 0.305 e. The highest BCUT2D eigenvalue weighted by atomic mass is 17.1. The highest BCUT2D eigenvalue weighted by Crippen LogP contribution is 2.05. The summed E-state index contributed by atoms with van der Waals surface area (Å²) in [4.78, 5) is 15.8. The first-order valence-corrected chi connectivity index (χ1v) is 10.5. The Morgan fingerprint density at radius 2 is 1.76 bits per heavy atom. The quantitative estimate of drug-likeness (QED) is 0.0769. The number of carbonyl (C=O) groups is 1. The molecule has 166 valence electrons. The molecule has 0 amide bonds. The first-order chi connectivity index (χ1) is 14.1. The summed E-state index contributed by atoms with van der Waals surface area (Å²) in [6.45, 7) is 1.60. The normalized spacial score (nSPS) is 14.5. The summed E-state index contributed by atoms with van der Waals surface area (Å²) in [5.41, 5.74) is 0. The van der Waals surface area contributed by atoms with E-state index in [4.69, 9.17) is 20.2 Å². The first kappa shape index (κ1) is 27.3. The average molecular weight is 411 g/mol. The van der Waals surface area contributed by atoms with E-state index in [1.807, 2.05) is 42.5 Å². The molecule has 0 radical (unpaired) electrons. The molecular weight excluding hydrogens is 372 g/mol. The van der Waals surface area contributed by atoms with Gasteiger partial charge in [0.2, 0.25) is 0 Å². The van der Waals surface area contributed by atoms with Gasteiger partial charge in [0, 0.05) is 6.42 Å². The van der Waals surface area contributed by atoms with Crippen molar-refractivity contribution < 1.29 is 29.9 Å². The van der Waals surface area contributed by atoms with E-state index in [9.17, 15) is 4.79 Å². The van der Waals surface area contributed by atoms with Crippen LogP contribution in [0.5, 0.6) is 0 Å². The van der Waals surface area contributed by atoms with Crippen molar-refractivity contribution in [3.8, 4) is 0 Å². The van der Waals surface area contributed by atoms with E-state index < -0.39 is 12.7 Å². The summed E-state index contributed by atoms with van der Waals surface area (Å²) in [6, 6.07) is 0. The molecule has 0 aliphatic rings. The molecule has 0 rings (SSSR count). The maximum absolute atomic E-state index is 11.4. The number of rotatable bonds is 18. The van der Waals surface area contributed by atoms with Crippen LogP contribution >= 0.6 is 0 Å².